The average molecular weight is 911 g/mol. The summed E-state index contributed by atoms with van der Waals surface area (Å²) >= 11 is 34.5. The Kier molecular flexibility index (Phi) is 8.57. The van der Waals surface area contributed by atoms with Crippen LogP contribution in [-0.4, -0.2) is 5.56 Å². The predicted molar refractivity (Wildman–Crippen MR) is 116 cm³/mol. The van der Waals surface area contributed by atoms with Crippen molar-refractivity contribution in [1.29, 1.82) is 0 Å². The second kappa shape index (κ2) is 7.80. The zero-order chi connectivity index (χ0) is 15.2. The molecule has 19 heavy (non-hydrogen) atoms. The minimum Gasteiger partial charge on any atom is -0.460 e. The van der Waals surface area contributed by atoms with E-state index in [9.17, 15) is 0 Å². The van der Waals surface area contributed by atoms with Gasteiger partial charge in [0.1, 0.15) is 0 Å². The minimum absolute atomic E-state index is 0.596. The highest BCUT2D eigenvalue weighted by atomic mass is 80.0. The molecule has 0 N–H and O–H groups in total. The zero-order valence-electron chi connectivity index (χ0n) is 8.19. The molecule has 1 rings (SSSR count). The fraction of sp³-hybridized carbons (Fsp3) is 0.250. The monoisotopic (exact) mass is 901 g/mol. The van der Waals surface area contributed by atoms with Gasteiger partial charge >= 0.3 is 0 Å². The molecule has 0 aliphatic carbocycles. The predicted octanol–water partition coefficient (Wildman–Crippen LogP) is 9.16. The SMILES string of the molecule is Brc1c(Br)c(Br)c(OC(Br)(Br)C(Br)(Br)Br)c(Br)c1Br. The van der Waals surface area contributed by atoms with Crippen LogP contribution in [0.5, 0.6) is 5.75 Å². The lowest BCUT2D eigenvalue weighted by molar-refractivity contribution is 0.281. The van der Waals surface area contributed by atoms with E-state index in [1.165, 1.54) is 0 Å². The van der Waals surface area contributed by atoms with E-state index in [0.717, 1.165) is 22.4 Å². The molecule has 0 atom stereocenters. The summed E-state index contributed by atoms with van der Waals surface area (Å²) in [4.78, 5) is 0. The van der Waals surface area contributed by atoms with Gasteiger partial charge in [-0.2, -0.15) is 0 Å². The maximum Gasteiger partial charge on any atom is 0.252 e. The first-order valence-corrected chi connectivity index (χ1v) is 12.0. The van der Waals surface area contributed by atoms with Crippen LogP contribution in [0.4, 0.5) is 0 Å². The van der Waals surface area contributed by atoms with Gasteiger partial charge in [0.25, 0.3) is 3.42 Å². The summed E-state index contributed by atoms with van der Waals surface area (Å²) in [5, 5.41) is 0. The van der Waals surface area contributed by atoms with Gasteiger partial charge in [-0.05, 0) is 112 Å². The van der Waals surface area contributed by atoms with E-state index in [4.69, 9.17) is 4.74 Å². The van der Waals surface area contributed by atoms with Crippen LogP contribution in [0.1, 0.15) is 0 Å². The molecule has 0 unspecified atom stereocenters. The first kappa shape index (κ1) is 20.9. The second-order valence-corrected chi connectivity index (χ2v) is 17.0. The fourth-order valence-corrected chi connectivity index (χ4v) is 4.60. The Morgan fingerprint density at radius 2 is 0.895 bits per heavy atom. The van der Waals surface area contributed by atoms with Gasteiger partial charge in [-0.25, -0.2) is 0 Å². The van der Waals surface area contributed by atoms with Gasteiger partial charge in [-0.1, -0.05) is 47.8 Å². The van der Waals surface area contributed by atoms with Crippen LogP contribution in [0.3, 0.4) is 0 Å². The molecule has 0 radical (unpaired) electrons. The van der Waals surface area contributed by atoms with Crippen LogP contribution < -0.4 is 4.74 Å². The molecule has 0 aliphatic heterocycles. The third kappa shape index (κ3) is 4.90. The molecule has 0 spiro atoms. The Balaban J connectivity index is 3.39. The number of alkyl halides is 5. The smallest absolute Gasteiger partial charge is 0.252 e. The third-order valence-corrected chi connectivity index (χ3v) is 14.1. The lowest BCUT2D eigenvalue weighted by Gasteiger charge is -2.31. The maximum atomic E-state index is 5.96. The summed E-state index contributed by atoms with van der Waals surface area (Å²) in [5.74, 6) is 0.596. The summed E-state index contributed by atoms with van der Waals surface area (Å²) < 4.78 is 8.36. The van der Waals surface area contributed by atoms with Gasteiger partial charge in [-0.3, -0.25) is 0 Å². The number of ether oxygens (including phenoxy) is 1. The second-order valence-electron chi connectivity index (χ2n) is 3.02. The van der Waals surface area contributed by atoms with Crippen molar-refractivity contribution in [3.05, 3.63) is 22.4 Å². The van der Waals surface area contributed by atoms with Gasteiger partial charge in [0, 0.05) is 4.47 Å². The van der Waals surface area contributed by atoms with Crippen molar-refractivity contribution in [2.45, 2.75) is 5.56 Å². The fourth-order valence-electron chi connectivity index (χ4n) is 0.860. The number of rotatable bonds is 2. The van der Waals surface area contributed by atoms with Crippen molar-refractivity contribution in [3.8, 4) is 5.75 Å². The van der Waals surface area contributed by atoms with Crippen LogP contribution in [0.2, 0.25) is 0 Å². The van der Waals surface area contributed by atoms with E-state index in [1.807, 2.05) is 0 Å². The normalized spacial score (nSPS) is 12.7. The molecule has 0 saturated heterocycles. The highest BCUT2D eigenvalue weighted by molar-refractivity contribution is 9.41. The van der Waals surface area contributed by atoms with Gasteiger partial charge in [0.15, 0.2) is 7.89 Å². The van der Waals surface area contributed by atoms with Crippen molar-refractivity contribution in [3.63, 3.8) is 0 Å². The number of halogens is 10. The highest BCUT2D eigenvalue weighted by Gasteiger charge is 2.46. The zero-order valence-corrected chi connectivity index (χ0v) is 24.0. The highest BCUT2D eigenvalue weighted by Crippen LogP contribution is 2.56. The van der Waals surface area contributed by atoms with Crippen molar-refractivity contribution >= 4 is 159 Å². The molecule has 0 aromatic heterocycles. The Bertz CT molecular complexity index is 476. The van der Waals surface area contributed by atoms with Crippen molar-refractivity contribution < 1.29 is 4.74 Å². The van der Waals surface area contributed by atoms with Crippen LogP contribution in [0, 0.1) is 0 Å². The Hall–Kier alpha value is 3.82. The van der Waals surface area contributed by atoms with Crippen molar-refractivity contribution in [2.24, 2.45) is 0 Å². The van der Waals surface area contributed by atoms with Crippen LogP contribution in [0.15, 0.2) is 22.4 Å². The first-order valence-electron chi connectivity index (χ1n) is 4.05. The molecule has 0 bridgehead atoms. The lowest BCUT2D eigenvalue weighted by atomic mass is 10.3. The molecule has 0 aliphatic rings. The van der Waals surface area contributed by atoms with E-state index in [2.05, 4.69) is 159 Å². The van der Waals surface area contributed by atoms with Crippen LogP contribution >= 0.6 is 159 Å². The number of hydrogen-bond acceptors (Lipinski definition) is 1. The summed E-state index contributed by atoms with van der Waals surface area (Å²) in [6.07, 6.45) is 0. The first-order chi connectivity index (χ1) is 8.40. The quantitative estimate of drug-likeness (QED) is 0.164. The van der Waals surface area contributed by atoms with Gasteiger partial charge in [0.05, 0.1) is 17.9 Å². The minimum atomic E-state index is -0.940. The molecule has 0 fully saturated rings. The molecule has 1 aromatic rings. The molecule has 1 aromatic carbocycles. The van der Waals surface area contributed by atoms with Crippen molar-refractivity contribution in [1.82, 2.24) is 0 Å². The Labute approximate surface area is 194 Å². The average Bonchev–Trinajstić information content (AvgIpc) is 2.28. The summed E-state index contributed by atoms with van der Waals surface area (Å²) in [6.45, 7) is 0. The van der Waals surface area contributed by atoms with Gasteiger partial charge in [-0.15, -0.1) is 0 Å². The number of hydrogen-bond donors (Lipinski definition) is 0. The van der Waals surface area contributed by atoms with Gasteiger partial charge in [0.2, 0.25) is 0 Å². The molecule has 11 heteroatoms. The maximum absolute atomic E-state index is 5.96. The van der Waals surface area contributed by atoms with Crippen LogP contribution in [0.25, 0.3) is 0 Å². The Morgan fingerprint density at radius 1 is 0.579 bits per heavy atom. The summed E-state index contributed by atoms with van der Waals surface area (Å²) in [5.41, 5.74) is 0. The summed E-state index contributed by atoms with van der Waals surface area (Å²) in [6, 6.07) is 0. The van der Waals surface area contributed by atoms with Crippen LogP contribution in [-0.2, 0) is 0 Å². The molecule has 0 saturated carbocycles. The molecule has 108 valence electrons. The third-order valence-electron chi connectivity index (χ3n) is 1.73. The van der Waals surface area contributed by atoms with E-state index in [-0.39, 0.29) is 0 Å². The summed E-state index contributed by atoms with van der Waals surface area (Å²) in [7, 11) is 0. The van der Waals surface area contributed by atoms with E-state index < -0.39 is 5.56 Å². The van der Waals surface area contributed by atoms with E-state index in [0.29, 0.717) is 5.75 Å². The van der Waals surface area contributed by atoms with Crippen molar-refractivity contribution in [2.75, 3.05) is 0 Å². The molecule has 1 nitrogen and oxygen atoms in total. The molecular weight excluding hydrogens is 911 g/mol. The topological polar surface area (TPSA) is 9.23 Å². The Morgan fingerprint density at radius 3 is 1.21 bits per heavy atom. The van der Waals surface area contributed by atoms with E-state index in [1.54, 1.807) is 0 Å². The number of benzene rings is 1. The lowest BCUT2D eigenvalue weighted by Crippen LogP contribution is -2.35. The molecule has 0 amide bonds. The molecular formula is C8Br10O. The molecule has 0 heterocycles. The largest absolute Gasteiger partial charge is 0.460 e. The van der Waals surface area contributed by atoms with E-state index >= 15 is 0 Å². The van der Waals surface area contributed by atoms with Gasteiger partial charge < -0.3 is 4.74 Å². The standard InChI is InChI=1S/C8Br10O/c9-1-2(10)4(12)6(5(13)3(1)11)19-8(17,18)7(14,15)16.